The largest absolute Gasteiger partial charge is 0.482 e. The van der Waals surface area contributed by atoms with Crippen LogP contribution in [0.4, 0.5) is 15.8 Å². The summed E-state index contributed by atoms with van der Waals surface area (Å²) in [4.78, 5) is 23.5. The zero-order valence-electron chi connectivity index (χ0n) is 12.8. The zero-order valence-corrected chi connectivity index (χ0v) is 12.8. The van der Waals surface area contributed by atoms with Gasteiger partial charge in [-0.3, -0.25) is 9.59 Å². The SMILES string of the molecule is CC(Oc1ccc(F)cc1)C(=O)Nc1ccc2c(c1)NC(=O)CO2. The van der Waals surface area contributed by atoms with Gasteiger partial charge in [-0.25, -0.2) is 4.39 Å². The molecule has 2 aromatic carbocycles. The number of carbonyl (C=O) groups is 2. The van der Waals surface area contributed by atoms with Gasteiger partial charge < -0.3 is 20.1 Å². The van der Waals surface area contributed by atoms with E-state index in [1.165, 1.54) is 24.3 Å². The van der Waals surface area contributed by atoms with Crippen LogP contribution in [0.15, 0.2) is 42.5 Å². The Bertz CT molecular complexity index is 777. The van der Waals surface area contributed by atoms with E-state index in [4.69, 9.17) is 9.47 Å². The number of rotatable bonds is 4. The molecule has 2 N–H and O–H groups in total. The lowest BCUT2D eigenvalue weighted by Gasteiger charge is -2.19. The van der Waals surface area contributed by atoms with Crippen LogP contribution in [-0.2, 0) is 9.59 Å². The molecule has 2 amide bonds. The fourth-order valence-corrected chi connectivity index (χ4v) is 2.18. The second-order valence-electron chi connectivity index (χ2n) is 5.25. The summed E-state index contributed by atoms with van der Waals surface area (Å²) in [5.74, 6) is -0.0625. The summed E-state index contributed by atoms with van der Waals surface area (Å²) in [5.41, 5.74) is 0.996. The van der Waals surface area contributed by atoms with Crippen molar-refractivity contribution in [3.63, 3.8) is 0 Å². The lowest BCUT2D eigenvalue weighted by atomic mass is 10.2. The van der Waals surface area contributed by atoms with Crippen molar-refractivity contribution in [3.8, 4) is 11.5 Å². The Labute approximate surface area is 137 Å². The van der Waals surface area contributed by atoms with Gasteiger partial charge in [-0.15, -0.1) is 0 Å². The van der Waals surface area contributed by atoms with Crippen molar-refractivity contribution >= 4 is 23.2 Å². The first-order valence-corrected chi connectivity index (χ1v) is 7.31. The Morgan fingerprint density at radius 2 is 2.04 bits per heavy atom. The molecule has 24 heavy (non-hydrogen) atoms. The van der Waals surface area contributed by atoms with Gasteiger partial charge in [-0.2, -0.15) is 0 Å². The molecule has 0 aliphatic carbocycles. The van der Waals surface area contributed by atoms with Gasteiger partial charge >= 0.3 is 0 Å². The number of anilines is 2. The maximum absolute atomic E-state index is 12.9. The predicted octanol–water partition coefficient (Wildman–Crippen LogP) is 2.56. The minimum atomic E-state index is -0.780. The van der Waals surface area contributed by atoms with Crippen molar-refractivity contribution in [2.24, 2.45) is 0 Å². The number of hydrogen-bond acceptors (Lipinski definition) is 4. The molecule has 0 bridgehead atoms. The molecule has 1 atom stereocenters. The van der Waals surface area contributed by atoms with Crippen molar-refractivity contribution in [1.82, 2.24) is 0 Å². The van der Waals surface area contributed by atoms with Gasteiger partial charge in [0.1, 0.15) is 17.3 Å². The number of amides is 2. The van der Waals surface area contributed by atoms with Crippen molar-refractivity contribution in [2.45, 2.75) is 13.0 Å². The summed E-state index contributed by atoms with van der Waals surface area (Å²) < 4.78 is 23.6. The Hall–Kier alpha value is -3.09. The summed E-state index contributed by atoms with van der Waals surface area (Å²) >= 11 is 0. The molecule has 3 rings (SSSR count). The lowest BCUT2D eigenvalue weighted by Crippen LogP contribution is -2.30. The van der Waals surface area contributed by atoms with Gasteiger partial charge in [0.05, 0.1) is 5.69 Å². The second kappa shape index (κ2) is 6.57. The highest BCUT2D eigenvalue weighted by molar-refractivity contribution is 5.98. The molecule has 0 fully saturated rings. The predicted molar refractivity (Wildman–Crippen MR) is 85.7 cm³/mol. The van der Waals surface area contributed by atoms with Crippen LogP contribution in [0, 0.1) is 5.82 Å². The molecule has 0 saturated heterocycles. The molecule has 6 nitrogen and oxygen atoms in total. The summed E-state index contributed by atoms with van der Waals surface area (Å²) in [5, 5.41) is 5.36. The molecule has 7 heteroatoms. The fraction of sp³-hybridized carbons (Fsp3) is 0.176. The second-order valence-corrected chi connectivity index (χ2v) is 5.25. The van der Waals surface area contributed by atoms with E-state index in [0.717, 1.165) is 0 Å². The van der Waals surface area contributed by atoms with Gasteiger partial charge in [-0.1, -0.05) is 0 Å². The Balaban J connectivity index is 1.64. The van der Waals surface area contributed by atoms with Gasteiger partial charge in [0.2, 0.25) is 0 Å². The smallest absolute Gasteiger partial charge is 0.265 e. The highest BCUT2D eigenvalue weighted by Crippen LogP contribution is 2.30. The van der Waals surface area contributed by atoms with Gasteiger partial charge in [0.15, 0.2) is 12.7 Å². The van der Waals surface area contributed by atoms with E-state index in [2.05, 4.69) is 10.6 Å². The summed E-state index contributed by atoms with van der Waals surface area (Å²) in [6.45, 7) is 1.56. The fourth-order valence-electron chi connectivity index (χ4n) is 2.18. The number of benzene rings is 2. The van der Waals surface area contributed by atoms with Crippen LogP contribution < -0.4 is 20.1 Å². The molecule has 0 spiro atoms. The molecule has 0 saturated carbocycles. The topological polar surface area (TPSA) is 76.7 Å². The Morgan fingerprint density at radius 1 is 1.29 bits per heavy atom. The number of hydrogen-bond donors (Lipinski definition) is 2. The number of carbonyl (C=O) groups excluding carboxylic acids is 2. The minimum absolute atomic E-state index is 0.0265. The summed E-state index contributed by atoms with van der Waals surface area (Å²) in [7, 11) is 0. The van der Waals surface area contributed by atoms with E-state index in [9.17, 15) is 14.0 Å². The maximum atomic E-state index is 12.9. The van der Waals surface area contributed by atoms with Crippen molar-refractivity contribution in [3.05, 3.63) is 48.3 Å². The number of ether oxygens (including phenoxy) is 2. The first kappa shape index (κ1) is 15.8. The van der Waals surface area contributed by atoms with Crippen LogP contribution in [0.3, 0.4) is 0 Å². The van der Waals surface area contributed by atoms with Gasteiger partial charge in [0.25, 0.3) is 11.8 Å². The summed E-state index contributed by atoms with van der Waals surface area (Å²) in [6, 6.07) is 10.3. The first-order chi connectivity index (χ1) is 11.5. The van der Waals surface area contributed by atoms with Crippen LogP contribution >= 0.6 is 0 Å². The van der Waals surface area contributed by atoms with Crippen LogP contribution in [0.5, 0.6) is 11.5 Å². The van der Waals surface area contributed by atoms with Crippen molar-refractivity contribution in [2.75, 3.05) is 17.2 Å². The number of fused-ring (bicyclic) bond motifs is 1. The molecule has 1 heterocycles. The summed E-state index contributed by atoms with van der Waals surface area (Å²) in [6.07, 6.45) is -0.780. The van der Waals surface area contributed by atoms with Crippen LogP contribution in [0.25, 0.3) is 0 Å². The van der Waals surface area contributed by atoms with Gasteiger partial charge in [0, 0.05) is 5.69 Å². The van der Waals surface area contributed by atoms with E-state index >= 15 is 0 Å². The number of halogens is 1. The zero-order chi connectivity index (χ0) is 17.1. The third kappa shape index (κ3) is 3.62. The third-order valence-corrected chi connectivity index (χ3v) is 3.38. The van der Waals surface area contributed by atoms with E-state index in [0.29, 0.717) is 22.9 Å². The van der Waals surface area contributed by atoms with Gasteiger partial charge in [-0.05, 0) is 49.4 Å². The van der Waals surface area contributed by atoms with Crippen molar-refractivity contribution in [1.29, 1.82) is 0 Å². The normalized spacial score (nSPS) is 14.0. The average Bonchev–Trinajstić information content (AvgIpc) is 2.56. The van der Waals surface area contributed by atoms with E-state index in [-0.39, 0.29) is 24.2 Å². The molecule has 1 aliphatic heterocycles. The lowest BCUT2D eigenvalue weighted by molar-refractivity contribution is -0.122. The maximum Gasteiger partial charge on any atom is 0.265 e. The average molecular weight is 330 g/mol. The van der Waals surface area contributed by atoms with Crippen LogP contribution in [-0.4, -0.2) is 24.5 Å². The molecule has 1 aliphatic rings. The highest BCUT2D eigenvalue weighted by Gasteiger charge is 2.18. The highest BCUT2D eigenvalue weighted by atomic mass is 19.1. The molecule has 2 aromatic rings. The molecular formula is C17H15FN2O4. The molecule has 0 aromatic heterocycles. The Kier molecular flexibility index (Phi) is 4.33. The van der Waals surface area contributed by atoms with E-state index in [1.54, 1.807) is 25.1 Å². The standard InChI is InChI=1S/C17H15FN2O4/c1-10(24-13-5-2-11(18)3-6-13)17(22)19-12-4-7-15-14(8-12)20-16(21)9-23-15/h2-8,10H,9H2,1H3,(H,19,22)(H,20,21). The van der Waals surface area contributed by atoms with E-state index < -0.39 is 6.10 Å². The van der Waals surface area contributed by atoms with Crippen molar-refractivity contribution < 1.29 is 23.5 Å². The van der Waals surface area contributed by atoms with E-state index in [1.807, 2.05) is 0 Å². The molecular weight excluding hydrogens is 315 g/mol. The molecule has 1 unspecified atom stereocenters. The molecule has 124 valence electrons. The number of nitrogens with one attached hydrogen (secondary N) is 2. The molecule has 0 radical (unpaired) electrons. The Morgan fingerprint density at radius 3 is 2.79 bits per heavy atom. The first-order valence-electron chi connectivity index (χ1n) is 7.31. The van der Waals surface area contributed by atoms with Crippen LogP contribution in [0.2, 0.25) is 0 Å². The van der Waals surface area contributed by atoms with Crippen LogP contribution in [0.1, 0.15) is 6.92 Å². The quantitative estimate of drug-likeness (QED) is 0.903. The minimum Gasteiger partial charge on any atom is -0.482 e. The third-order valence-electron chi connectivity index (χ3n) is 3.38. The monoisotopic (exact) mass is 330 g/mol.